The van der Waals surface area contributed by atoms with Crippen LogP contribution in [-0.2, 0) is 0 Å². The Bertz CT molecular complexity index is 1090. The Morgan fingerprint density at radius 2 is 1.81 bits per heavy atom. The van der Waals surface area contributed by atoms with Gasteiger partial charge in [0.05, 0.1) is 21.8 Å². The summed E-state index contributed by atoms with van der Waals surface area (Å²) in [5, 5.41) is 0.362. The average Bonchev–Trinajstić information content (AvgIpc) is 2.56. The van der Waals surface area contributed by atoms with Crippen LogP contribution in [0.25, 0.3) is 16.7 Å². The molecule has 0 aromatic carbocycles. The lowest BCUT2D eigenvalue weighted by molar-refractivity contribution is 0.763. The lowest BCUT2D eigenvalue weighted by Gasteiger charge is -2.20. The van der Waals surface area contributed by atoms with E-state index >= 15 is 0 Å². The normalized spacial score (nSPS) is 11.7. The maximum Gasteiger partial charge on any atom is 0.334 e. The Morgan fingerprint density at radius 3 is 2.42 bits per heavy atom. The van der Waals surface area contributed by atoms with Gasteiger partial charge in [-0.2, -0.15) is 0 Å². The molecule has 3 heterocycles. The van der Waals surface area contributed by atoms with Crippen LogP contribution in [0.15, 0.2) is 27.9 Å². The molecule has 136 valence electrons. The predicted molar refractivity (Wildman–Crippen MR) is 104 cm³/mol. The second kappa shape index (κ2) is 6.85. The fraction of sp³-hybridized carbons (Fsp3) is 0.333. The van der Waals surface area contributed by atoms with Crippen molar-refractivity contribution in [1.82, 2.24) is 19.5 Å². The second-order valence-corrected chi connectivity index (χ2v) is 7.44. The lowest BCUT2D eigenvalue weighted by atomic mass is 9.97. The Hall–Kier alpha value is -2.18. The van der Waals surface area contributed by atoms with E-state index in [1.807, 2.05) is 33.8 Å². The topological polar surface area (TPSA) is 80.6 Å². The van der Waals surface area contributed by atoms with Crippen LogP contribution < -0.4 is 11.2 Å². The first-order valence-corrected chi connectivity index (χ1v) is 8.98. The number of rotatable bonds is 3. The number of hydrogen-bond acceptors (Lipinski definition) is 4. The Labute approximate surface area is 159 Å². The molecule has 3 rings (SSSR count). The minimum Gasteiger partial charge on any atom is -0.273 e. The van der Waals surface area contributed by atoms with Crippen molar-refractivity contribution in [3.63, 3.8) is 0 Å². The van der Waals surface area contributed by atoms with E-state index in [1.54, 1.807) is 6.20 Å². The molecule has 0 bridgehead atoms. The Morgan fingerprint density at radius 1 is 1.12 bits per heavy atom. The van der Waals surface area contributed by atoms with E-state index in [9.17, 15) is 9.59 Å². The number of hydrogen-bond donors (Lipinski definition) is 1. The van der Waals surface area contributed by atoms with Crippen molar-refractivity contribution >= 4 is 34.2 Å². The van der Waals surface area contributed by atoms with Crippen molar-refractivity contribution in [1.29, 1.82) is 0 Å². The number of aromatic nitrogens is 4. The third-order valence-electron chi connectivity index (χ3n) is 4.17. The minimum absolute atomic E-state index is 0.0269. The van der Waals surface area contributed by atoms with E-state index in [4.69, 9.17) is 23.2 Å². The Balaban J connectivity index is 2.57. The minimum atomic E-state index is -0.592. The van der Waals surface area contributed by atoms with Gasteiger partial charge < -0.3 is 0 Å². The number of H-pyrrole nitrogens is 1. The highest BCUT2D eigenvalue weighted by Gasteiger charge is 2.22. The number of pyridine rings is 2. The number of fused-ring (bicyclic) bond motifs is 1. The Kier molecular flexibility index (Phi) is 4.90. The van der Waals surface area contributed by atoms with Crippen molar-refractivity contribution in [2.75, 3.05) is 0 Å². The molecule has 8 heteroatoms. The largest absolute Gasteiger partial charge is 0.334 e. The molecule has 0 fully saturated rings. The first kappa shape index (κ1) is 18.6. The summed E-state index contributed by atoms with van der Waals surface area (Å²) in [5.74, 6) is 0.183. The van der Waals surface area contributed by atoms with Gasteiger partial charge in [0.2, 0.25) is 0 Å². The van der Waals surface area contributed by atoms with Gasteiger partial charge >= 0.3 is 5.69 Å². The van der Waals surface area contributed by atoms with E-state index in [0.717, 1.165) is 11.3 Å². The van der Waals surface area contributed by atoms with Crippen molar-refractivity contribution in [3.8, 4) is 5.69 Å². The fourth-order valence-electron chi connectivity index (χ4n) is 2.94. The van der Waals surface area contributed by atoms with Crippen LogP contribution in [0.1, 0.15) is 50.8 Å². The maximum absolute atomic E-state index is 12.8. The molecule has 0 radical (unpaired) electrons. The zero-order valence-electron chi connectivity index (χ0n) is 14.8. The summed E-state index contributed by atoms with van der Waals surface area (Å²) in [6.45, 7) is 8.04. The molecule has 0 atom stereocenters. The molecule has 3 aromatic rings. The third kappa shape index (κ3) is 3.04. The summed E-state index contributed by atoms with van der Waals surface area (Å²) in [7, 11) is 0. The summed E-state index contributed by atoms with van der Waals surface area (Å²) in [5.41, 5.74) is 1.28. The fourth-order valence-corrected chi connectivity index (χ4v) is 3.22. The SMILES string of the molecule is CC(C)c1ccnc(C(C)C)c1-n1c(=O)[nH]c(=O)c2cc(Cl)c(Cl)nc21. The van der Waals surface area contributed by atoms with Crippen molar-refractivity contribution < 1.29 is 0 Å². The lowest BCUT2D eigenvalue weighted by Crippen LogP contribution is -2.31. The van der Waals surface area contributed by atoms with Crippen LogP contribution in [0.4, 0.5) is 0 Å². The van der Waals surface area contributed by atoms with Gasteiger partial charge in [0.25, 0.3) is 5.56 Å². The van der Waals surface area contributed by atoms with Gasteiger partial charge in [0, 0.05) is 6.20 Å². The third-order valence-corrected chi connectivity index (χ3v) is 4.84. The highest BCUT2D eigenvalue weighted by Crippen LogP contribution is 2.30. The quantitative estimate of drug-likeness (QED) is 0.682. The first-order valence-electron chi connectivity index (χ1n) is 8.22. The van der Waals surface area contributed by atoms with Gasteiger partial charge in [-0.25, -0.2) is 14.3 Å². The van der Waals surface area contributed by atoms with Gasteiger partial charge in [-0.3, -0.25) is 14.8 Å². The predicted octanol–water partition coefficient (Wildman–Crippen LogP) is 4.02. The first-order chi connectivity index (χ1) is 12.2. The molecule has 3 aromatic heterocycles. The van der Waals surface area contributed by atoms with Crippen molar-refractivity contribution in [3.05, 3.63) is 60.6 Å². The van der Waals surface area contributed by atoms with Gasteiger partial charge in [0.1, 0.15) is 5.15 Å². The zero-order chi connectivity index (χ0) is 19.2. The molecule has 0 spiro atoms. The van der Waals surface area contributed by atoms with E-state index in [-0.39, 0.29) is 33.0 Å². The smallest absolute Gasteiger partial charge is 0.273 e. The van der Waals surface area contributed by atoms with Crippen LogP contribution in [0, 0.1) is 0 Å². The maximum atomic E-state index is 12.8. The molecule has 0 saturated carbocycles. The van der Waals surface area contributed by atoms with E-state index < -0.39 is 11.2 Å². The summed E-state index contributed by atoms with van der Waals surface area (Å²) >= 11 is 12.1. The van der Waals surface area contributed by atoms with Gasteiger partial charge in [-0.05, 0) is 29.5 Å². The van der Waals surface area contributed by atoms with Crippen LogP contribution in [0.2, 0.25) is 10.2 Å². The average molecular weight is 393 g/mol. The van der Waals surface area contributed by atoms with Crippen LogP contribution in [0.5, 0.6) is 0 Å². The van der Waals surface area contributed by atoms with Gasteiger partial charge in [-0.15, -0.1) is 0 Å². The zero-order valence-corrected chi connectivity index (χ0v) is 16.3. The molecule has 6 nitrogen and oxygen atoms in total. The number of nitrogens with one attached hydrogen (secondary N) is 1. The van der Waals surface area contributed by atoms with Crippen LogP contribution in [-0.4, -0.2) is 19.5 Å². The second-order valence-electron chi connectivity index (χ2n) is 6.67. The molecule has 0 amide bonds. The molecular formula is C18H18Cl2N4O2. The standard InChI is InChI=1S/C18H18Cl2N4O2/c1-8(2)10-5-6-21-13(9(3)4)14(10)24-16-11(17(25)23-18(24)26)7-12(19)15(20)22-16/h5-9H,1-4H3,(H,23,25,26). The summed E-state index contributed by atoms with van der Waals surface area (Å²) in [6.07, 6.45) is 1.73. The molecule has 0 aliphatic rings. The summed E-state index contributed by atoms with van der Waals surface area (Å²) < 4.78 is 1.37. The highest BCUT2D eigenvalue weighted by atomic mass is 35.5. The molecule has 1 N–H and O–H groups in total. The molecular weight excluding hydrogens is 375 g/mol. The van der Waals surface area contributed by atoms with E-state index in [1.165, 1.54) is 10.6 Å². The molecule has 0 aliphatic carbocycles. The highest BCUT2D eigenvalue weighted by molar-refractivity contribution is 6.41. The van der Waals surface area contributed by atoms with Crippen LogP contribution >= 0.6 is 23.2 Å². The molecule has 26 heavy (non-hydrogen) atoms. The van der Waals surface area contributed by atoms with Gasteiger partial charge in [0.15, 0.2) is 5.65 Å². The van der Waals surface area contributed by atoms with Crippen molar-refractivity contribution in [2.45, 2.75) is 39.5 Å². The van der Waals surface area contributed by atoms with E-state index in [2.05, 4.69) is 15.0 Å². The summed E-state index contributed by atoms with van der Waals surface area (Å²) in [6, 6.07) is 3.29. The molecule has 0 saturated heterocycles. The molecule has 0 aliphatic heterocycles. The number of nitrogens with zero attached hydrogens (tertiary/aromatic N) is 3. The van der Waals surface area contributed by atoms with Crippen molar-refractivity contribution in [2.24, 2.45) is 0 Å². The monoisotopic (exact) mass is 392 g/mol. The summed E-state index contributed by atoms with van der Waals surface area (Å²) in [4.78, 5) is 36.1. The van der Waals surface area contributed by atoms with Gasteiger partial charge in [-0.1, -0.05) is 50.9 Å². The molecule has 0 unspecified atom stereocenters. The van der Waals surface area contributed by atoms with Crippen LogP contribution in [0.3, 0.4) is 0 Å². The van der Waals surface area contributed by atoms with E-state index in [0.29, 0.717) is 5.69 Å². The number of halogens is 2. The number of aromatic amines is 1.